The maximum absolute atomic E-state index is 12.3. The third-order valence-electron chi connectivity index (χ3n) is 3.66. The van der Waals surface area contributed by atoms with Gasteiger partial charge in [-0.3, -0.25) is 4.79 Å². The van der Waals surface area contributed by atoms with Crippen molar-refractivity contribution in [3.8, 4) is 5.75 Å². The first-order valence-electron chi connectivity index (χ1n) is 6.97. The minimum atomic E-state index is 0.209. The van der Waals surface area contributed by atoms with E-state index >= 15 is 0 Å². The lowest BCUT2D eigenvalue weighted by Gasteiger charge is -2.33. The highest BCUT2D eigenvalue weighted by Crippen LogP contribution is 2.31. The zero-order chi connectivity index (χ0) is 14.5. The molecule has 1 atom stereocenters. The summed E-state index contributed by atoms with van der Waals surface area (Å²) in [4.78, 5) is 15.2. The van der Waals surface area contributed by atoms with Crippen LogP contribution in [0, 0.1) is 0 Å². The van der Waals surface area contributed by atoms with Crippen LogP contribution in [0.3, 0.4) is 0 Å². The molecule has 0 saturated carbocycles. The monoisotopic (exact) mass is 294 g/mol. The molecule has 1 heterocycles. The van der Waals surface area contributed by atoms with Crippen LogP contribution in [0.5, 0.6) is 5.75 Å². The molecule has 1 aliphatic rings. The molecule has 5 heteroatoms. The van der Waals surface area contributed by atoms with Crippen molar-refractivity contribution in [1.82, 2.24) is 4.90 Å². The van der Waals surface area contributed by atoms with Crippen molar-refractivity contribution in [2.24, 2.45) is 0 Å². The number of likely N-dealkylation sites (tertiary alicyclic amines) is 1. The van der Waals surface area contributed by atoms with Gasteiger partial charge in [-0.25, -0.2) is 0 Å². The summed E-state index contributed by atoms with van der Waals surface area (Å²) in [6.45, 7) is 3.02. The number of carbonyl (C=O) groups excluding carboxylic acids is 1. The molecule has 1 aliphatic heterocycles. The molecule has 0 radical (unpaired) electrons. The van der Waals surface area contributed by atoms with Crippen molar-refractivity contribution in [1.29, 1.82) is 0 Å². The van der Waals surface area contributed by atoms with E-state index in [1.54, 1.807) is 13.2 Å². The highest BCUT2D eigenvalue weighted by Gasteiger charge is 2.23. The minimum absolute atomic E-state index is 0.209. The van der Waals surface area contributed by atoms with E-state index < -0.39 is 0 Å². The normalized spacial score (nSPS) is 18.9. The van der Waals surface area contributed by atoms with Gasteiger partial charge in [-0.05, 0) is 38.3 Å². The highest BCUT2D eigenvalue weighted by atomic mass is 32.2. The van der Waals surface area contributed by atoms with E-state index in [4.69, 9.17) is 10.5 Å². The Hall–Kier alpha value is -1.36. The fourth-order valence-electron chi connectivity index (χ4n) is 2.49. The minimum Gasteiger partial charge on any atom is -0.496 e. The van der Waals surface area contributed by atoms with E-state index in [-0.39, 0.29) is 5.91 Å². The number of rotatable bonds is 4. The van der Waals surface area contributed by atoms with E-state index in [0.29, 0.717) is 17.5 Å². The summed E-state index contributed by atoms with van der Waals surface area (Å²) >= 11 is 1.51. The van der Waals surface area contributed by atoms with Crippen LogP contribution in [0.15, 0.2) is 23.1 Å². The first kappa shape index (κ1) is 15.0. The van der Waals surface area contributed by atoms with Crippen molar-refractivity contribution >= 4 is 23.4 Å². The van der Waals surface area contributed by atoms with Gasteiger partial charge in [0.2, 0.25) is 5.91 Å². The predicted molar refractivity (Wildman–Crippen MR) is 83.2 cm³/mol. The molecule has 1 unspecified atom stereocenters. The molecular formula is C15H22N2O2S. The Morgan fingerprint density at radius 3 is 3.00 bits per heavy atom. The molecule has 1 aromatic rings. The van der Waals surface area contributed by atoms with Crippen molar-refractivity contribution < 1.29 is 9.53 Å². The van der Waals surface area contributed by atoms with Gasteiger partial charge >= 0.3 is 0 Å². The van der Waals surface area contributed by atoms with Gasteiger partial charge in [0, 0.05) is 29.2 Å². The second-order valence-electron chi connectivity index (χ2n) is 5.13. The highest BCUT2D eigenvalue weighted by molar-refractivity contribution is 8.00. The first-order valence-corrected chi connectivity index (χ1v) is 7.96. The van der Waals surface area contributed by atoms with Gasteiger partial charge in [0.1, 0.15) is 5.75 Å². The standard InChI is InChI=1S/C15H22N2O2S/c1-11-5-3-4-8-17(11)15(18)10-20-14-7-6-12(16)9-13(14)19-2/h6-7,9,11H,3-5,8,10,16H2,1-2H3. The number of hydrogen-bond donors (Lipinski definition) is 1. The Kier molecular flexibility index (Phi) is 5.17. The van der Waals surface area contributed by atoms with Gasteiger partial charge in [-0.1, -0.05) is 0 Å². The van der Waals surface area contributed by atoms with Crippen molar-refractivity contribution in [2.75, 3.05) is 25.1 Å². The molecular weight excluding hydrogens is 272 g/mol. The number of nitrogens with zero attached hydrogens (tertiary/aromatic N) is 1. The second-order valence-corrected chi connectivity index (χ2v) is 6.15. The number of nitrogen functional groups attached to an aromatic ring is 1. The van der Waals surface area contributed by atoms with Crippen molar-refractivity contribution in [3.63, 3.8) is 0 Å². The number of carbonyl (C=O) groups is 1. The van der Waals surface area contributed by atoms with E-state index in [2.05, 4.69) is 6.92 Å². The van der Waals surface area contributed by atoms with Crippen LogP contribution in [0.1, 0.15) is 26.2 Å². The summed E-state index contributed by atoms with van der Waals surface area (Å²) in [5.74, 6) is 1.39. The number of thioether (sulfide) groups is 1. The van der Waals surface area contributed by atoms with Gasteiger partial charge in [-0.2, -0.15) is 0 Å². The number of anilines is 1. The number of piperidine rings is 1. The predicted octanol–water partition coefficient (Wildman–Crippen LogP) is 2.77. The number of methoxy groups -OCH3 is 1. The topological polar surface area (TPSA) is 55.6 Å². The summed E-state index contributed by atoms with van der Waals surface area (Å²) in [6.07, 6.45) is 3.46. The molecule has 110 valence electrons. The van der Waals surface area contributed by atoms with Crippen LogP contribution in [-0.2, 0) is 4.79 Å². The summed E-state index contributed by atoms with van der Waals surface area (Å²) in [5.41, 5.74) is 6.40. The maximum Gasteiger partial charge on any atom is 0.233 e. The van der Waals surface area contributed by atoms with E-state index in [0.717, 1.165) is 30.0 Å². The molecule has 0 bridgehead atoms. The van der Waals surface area contributed by atoms with Crippen LogP contribution in [0.4, 0.5) is 5.69 Å². The Bertz CT molecular complexity index is 479. The molecule has 2 rings (SSSR count). The number of benzene rings is 1. The molecule has 20 heavy (non-hydrogen) atoms. The maximum atomic E-state index is 12.3. The summed E-state index contributed by atoms with van der Waals surface area (Å²) in [6, 6.07) is 5.89. The van der Waals surface area contributed by atoms with E-state index in [9.17, 15) is 4.79 Å². The zero-order valence-corrected chi connectivity index (χ0v) is 12.9. The molecule has 0 aliphatic carbocycles. The lowest BCUT2D eigenvalue weighted by molar-refractivity contribution is -0.131. The number of ether oxygens (including phenoxy) is 1. The molecule has 0 spiro atoms. The largest absolute Gasteiger partial charge is 0.496 e. The van der Waals surface area contributed by atoms with Gasteiger partial charge in [0.15, 0.2) is 0 Å². The van der Waals surface area contributed by atoms with Crippen LogP contribution >= 0.6 is 11.8 Å². The molecule has 1 saturated heterocycles. The number of nitrogens with two attached hydrogens (primary N) is 1. The molecule has 1 amide bonds. The molecule has 4 nitrogen and oxygen atoms in total. The average Bonchev–Trinajstić information content (AvgIpc) is 2.46. The summed E-state index contributed by atoms with van der Waals surface area (Å²) in [5, 5.41) is 0. The van der Waals surface area contributed by atoms with Crippen LogP contribution in [-0.4, -0.2) is 36.3 Å². The Balaban J connectivity index is 1.96. The summed E-state index contributed by atoms with van der Waals surface area (Å²) in [7, 11) is 1.62. The summed E-state index contributed by atoms with van der Waals surface area (Å²) < 4.78 is 5.30. The Morgan fingerprint density at radius 2 is 2.30 bits per heavy atom. The quantitative estimate of drug-likeness (QED) is 0.685. The van der Waals surface area contributed by atoms with Crippen molar-refractivity contribution in [2.45, 2.75) is 37.1 Å². The molecule has 0 aromatic heterocycles. The Morgan fingerprint density at radius 1 is 1.50 bits per heavy atom. The lowest BCUT2D eigenvalue weighted by Crippen LogP contribution is -2.42. The second kappa shape index (κ2) is 6.88. The van der Waals surface area contributed by atoms with Gasteiger partial charge in [0.25, 0.3) is 0 Å². The van der Waals surface area contributed by atoms with Gasteiger partial charge < -0.3 is 15.4 Å². The SMILES string of the molecule is COc1cc(N)ccc1SCC(=O)N1CCCCC1C. The number of amides is 1. The Labute approximate surface area is 124 Å². The lowest BCUT2D eigenvalue weighted by atomic mass is 10.0. The van der Waals surface area contributed by atoms with Crippen molar-refractivity contribution in [3.05, 3.63) is 18.2 Å². The zero-order valence-electron chi connectivity index (χ0n) is 12.1. The molecule has 1 fully saturated rings. The van der Waals surface area contributed by atoms with Crippen LogP contribution in [0.25, 0.3) is 0 Å². The van der Waals surface area contributed by atoms with Gasteiger partial charge in [-0.15, -0.1) is 11.8 Å². The number of hydrogen-bond acceptors (Lipinski definition) is 4. The third-order valence-corrected chi connectivity index (χ3v) is 4.70. The molecule has 2 N–H and O–H groups in total. The van der Waals surface area contributed by atoms with Crippen LogP contribution < -0.4 is 10.5 Å². The fraction of sp³-hybridized carbons (Fsp3) is 0.533. The van der Waals surface area contributed by atoms with E-state index in [1.165, 1.54) is 18.2 Å². The molecule has 1 aromatic carbocycles. The van der Waals surface area contributed by atoms with Crippen LogP contribution in [0.2, 0.25) is 0 Å². The fourth-order valence-corrected chi connectivity index (χ4v) is 3.39. The third kappa shape index (κ3) is 3.60. The average molecular weight is 294 g/mol. The first-order chi connectivity index (χ1) is 9.61. The smallest absolute Gasteiger partial charge is 0.233 e. The van der Waals surface area contributed by atoms with Gasteiger partial charge in [0.05, 0.1) is 12.9 Å². The van der Waals surface area contributed by atoms with E-state index in [1.807, 2.05) is 17.0 Å².